The van der Waals surface area contributed by atoms with Gasteiger partial charge in [0.05, 0.1) is 19.1 Å². The van der Waals surface area contributed by atoms with Gasteiger partial charge in [0.2, 0.25) is 11.8 Å². The van der Waals surface area contributed by atoms with E-state index >= 15 is 0 Å². The smallest absolute Gasteiger partial charge is 0.242 e. The fourth-order valence-electron chi connectivity index (χ4n) is 2.45. The molecule has 0 radical (unpaired) electrons. The Morgan fingerprint density at radius 1 is 1.19 bits per heavy atom. The molecule has 1 fully saturated rings. The summed E-state index contributed by atoms with van der Waals surface area (Å²) in [6.45, 7) is 2.78. The minimum absolute atomic E-state index is 0.0149. The molecule has 0 spiro atoms. The van der Waals surface area contributed by atoms with Gasteiger partial charge in [-0.15, -0.1) is 0 Å². The summed E-state index contributed by atoms with van der Waals surface area (Å²) in [5, 5.41) is 0. The standard InChI is InChI=1S/C15H20FN3O2/c1-2-7-18-9-15(21)19(10-14(18)20)8-13(17)11-5-3-4-6-12(11)16/h3-6,13H,2,7-10,17H2,1H3. The van der Waals surface area contributed by atoms with Gasteiger partial charge in [0, 0.05) is 18.7 Å². The van der Waals surface area contributed by atoms with Crippen LogP contribution in [0.1, 0.15) is 24.9 Å². The van der Waals surface area contributed by atoms with Crippen LogP contribution < -0.4 is 5.73 Å². The molecule has 1 aromatic carbocycles. The minimum Gasteiger partial charge on any atom is -0.332 e. The van der Waals surface area contributed by atoms with Gasteiger partial charge in [0.15, 0.2) is 0 Å². The molecule has 1 unspecified atom stereocenters. The number of amides is 2. The van der Waals surface area contributed by atoms with Crippen molar-refractivity contribution in [1.29, 1.82) is 0 Å². The van der Waals surface area contributed by atoms with Crippen molar-refractivity contribution in [3.05, 3.63) is 35.6 Å². The van der Waals surface area contributed by atoms with Gasteiger partial charge >= 0.3 is 0 Å². The average molecular weight is 293 g/mol. The van der Waals surface area contributed by atoms with Crippen molar-refractivity contribution >= 4 is 11.8 Å². The zero-order valence-electron chi connectivity index (χ0n) is 12.1. The van der Waals surface area contributed by atoms with E-state index < -0.39 is 11.9 Å². The van der Waals surface area contributed by atoms with Crippen molar-refractivity contribution in [3.63, 3.8) is 0 Å². The molecule has 0 saturated carbocycles. The third-order valence-electron chi connectivity index (χ3n) is 3.57. The van der Waals surface area contributed by atoms with Crippen LogP contribution in [0.25, 0.3) is 0 Å². The molecule has 0 aromatic heterocycles. The number of halogens is 1. The van der Waals surface area contributed by atoms with Crippen LogP contribution in [0.5, 0.6) is 0 Å². The highest BCUT2D eigenvalue weighted by Crippen LogP contribution is 2.17. The molecule has 2 amide bonds. The van der Waals surface area contributed by atoms with Crippen molar-refractivity contribution in [2.75, 3.05) is 26.2 Å². The SMILES string of the molecule is CCCN1CC(=O)N(CC(N)c2ccccc2F)CC1=O. The van der Waals surface area contributed by atoms with Gasteiger partial charge in [0.1, 0.15) is 5.82 Å². The first-order chi connectivity index (χ1) is 10.0. The van der Waals surface area contributed by atoms with Gasteiger partial charge in [-0.2, -0.15) is 0 Å². The number of nitrogens with two attached hydrogens (primary N) is 1. The predicted molar refractivity (Wildman–Crippen MR) is 76.8 cm³/mol. The Morgan fingerprint density at radius 3 is 2.48 bits per heavy atom. The third kappa shape index (κ3) is 3.58. The van der Waals surface area contributed by atoms with Crippen LogP contribution in [0.15, 0.2) is 24.3 Å². The summed E-state index contributed by atoms with van der Waals surface area (Å²) >= 11 is 0. The van der Waals surface area contributed by atoms with E-state index in [0.29, 0.717) is 12.1 Å². The van der Waals surface area contributed by atoms with Gasteiger partial charge in [-0.1, -0.05) is 25.1 Å². The fraction of sp³-hybridized carbons (Fsp3) is 0.467. The van der Waals surface area contributed by atoms with Crippen LogP contribution in [-0.4, -0.2) is 47.8 Å². The van der Waals surface area contributed by atoms with Crippen LogP contribution in [-0.2, 0) is 9.59 Å². The molecule has 5 nitrogen and oxygen atoms in total. The summed E-state index contributed by atoms with van der Waals surface area (Å²) in [5.74, 6) is -0.625. The molecule has 1 heterocycles. The zero-order chi connectivity index (χ0) is 15.4. The van der Waals surface area contributed by atoms with Crippen LogP contribution in [0.2, 0.25) is 0 Å². The summed E-state index contributed by atoms with van der Waals surface area (Å²) in [6.07, 6.45) is 0.813. The Kier molecular flexibility index (Phi) is 4.90. The molecule has 1 saturated heterocycles. The Hall–Kier alpha value is -1.95. The lowest BCUT2D eigenvalue weighted by atomic mass is 10.1. The van der Waals surface area contributed by atoms with Crippen LogP contribution in [0.3, 0.4) is 0 Å². The number of hydrogen-bond donors (Lipinski definition) is 1. The topological polar surface area (TPSA) is 66.6 Å². The first kappa shape index (κ1) is 15.4. The number of hydrogen-bond acceptors (Lipinski definition) is 3. The number of benzene rings is 1. The molecular weight excluding hydrogens is 273 g/mol. The van der Waals surface area contributed by atoms with E-state index in [1.165, 1.54) is 11.0 Å². The number of rotatable bonds is 5. The van der Waals surface area contributed by atoms with Gasteiger partial charge < -0.3 is 15.5 Å². The van der Waals surface area contributed by atoms with E-state index in [-0.39, 0.29) is 31.4 Å². The highest BCUT2D eigenvalue weighted by molar-refractivity contribution is 5.92. The maximum atomic E-state index is 13.7. The number of carbonyl (C=O) groups is 2. The maximum Gasteiger partial charge on any atom is 0.242 e. The van der Waals surface area contributed by atoms with Crippen molar-refractivity contribution in [2.24, 2.45) is 5.73 Å². The number of carbonyl (C=O) groups excluding carboxylic acids is 2. The van der Waals surface area contributed by atoms with Crippen molar-refractivity contribution in [3.8, 4) is 0 Å². The summed E-state index contributed by atoms with van der Waals surface area (Å²) < 4.78 is 13.7. The molecule has 0 bridgehead atoms. The summed E-state index contributed by atoms with van der Waals surface area (Å²) in [5.41, 5.74) is 6.32. The average Bonchev–Trinajstić information content (AvgIpc) is 2.45. The Balaban J connectivity index is 2.02. The predicted octanol–water partition coefficient (Wildman–Crippen LogP) is 0.906. The maximum absolute atomic E-state index is 13.7. The third-order valence-corrected chi connectivity index (χ3v) is 3.57. The number of piperazine rings is 1. The second kappa shape index (κ2) is 6.67. The highest BCUT2D eigenvalue weighted by Gasteiger charge is 2.30. The van der Waals surface area contributed by atoms with Gasteiger partial charge in [-0.3, -0.25) is 9.59 Å². The lowest BCUT2D eigenvalue weighted by molar-refractivity contribution is -0.150. The summed E-state index contributed by atoms with van der Waals surface area (Å²) in [7, 11) is 0. The molecule has 6 heteroatoms. The first-order valence-electron chi connectivity index (χ1n) is 7.08. The van der Waals surface area contributed by atoms with Crippen molar-refractivity contribution in [2.45, 2.75) is 19.4 Å². The molecule has 2 rings (SSSR count). The normalized spacial score (nSPS) is 17.3. The molecular formula is C15H20FN3O2. The second-order valence-corrected chi connectivity index (χ2v) is 5.22. The van der Waals surface area contributed by atoms with E-state index in [9.17, 15) is 14.0 Å². The van der Waals surface area contributed by atoms with Crippen LogP contribution >= 0.6 is 0 Å². The van der Waals surface area contributed by atoms with E-state index in [1.807, 2.05) is 6.92 Å². The molecule has 1 aromatic rings. The second-order valence-electron chi connectivity index (χ2n) is 5.22. The Morgan fingerprint density at radius 2 is 1.81 bits per heavy atom. The lowest BCUT2D eigenvalue weighted by Crippen LogP contribution is -2.55. The highest BCUT2D eigenvalue weighted by atomic mass is 19.1. The van der Waals surface area contributed by atoms with Crippen LogP contribution in [0, 0.1) is 5.82 Å². The van der Waals surface area contributed by atoms with Gasteiger partial charge in [0.25, 0.3) is 0 Å². The minimum atomic E-state index is -0.638. The largest absolute Gasteiger partial charge is 0.332 e. The van der Waals surface area contributed by atoms with Crippen molar-refractivity contribution < 1.29 is 14.0 Å². The molecule has 1 atom stereocenters. The lowest BCUT2D eigenvalue weighted by Gasteiger charge is -2.35. The summed E-state index contributed by atoms with van der Waals surface area (Å²) in [4.78, 5) is 27.0. The molecule has 2 N–H and O–H groups in total. The first-order valence-corrected chi connectivity index (χ1v) is 7.08. The molecule has 0 aliphatic carbocycles. The van der Waals surface area contributed by atoms with E-state index in [1.54, 1.807) is 23.1 Å². The van der Waals surface area contributed by atoms with E-state index in [0.717, 1.165) is 6.42 Å². The zero-order valence-corrected chi connectivity index (χ0v) is 12.1. The van der Waals surface area contributed by atoms with E-state index in [4.69, 9.17) is 5.73 Å². The summed E-state index contributed by atoms with van der Waals surface area (Å²) in [6, 6.07) is 5.58. The van der Waals surface area contributed by atoms with Crippen molar-refractivity contribution in [1.82, 2.24) is 9.80 Å². The quantitative estimate of drug-likeness (QED) is 0.877. The molecule has 1 aliphatic heterocycles. The van der Waals surface area contributed by atoms with Gasteiger partial charge in [-0.05, 0) is 12.5 Å². The van der Waals surface area contributed by atoms with Gasteiger partial charge in [-0.25, -0.2) is 4.39 Å². The fourth-order valence-corrected chi connectivity index (χ4v) is 2.45. The van der Waals surface area contributed by atoms with E-state index in [2.05, 4.69) is 0 Å². The number of nitrogens with zero attached hydrogens (tertiary/aromatic N) is 2. The monoisotopic (exact) mass is 293 g/mol. The molecule has 21 heavy (non-hydrogen) atoms. The van der Waals surface area contributed by atoms with Crippen LogP contribution in [0.4, 0.5) is 4.39 Å². The Bertz CT molecular complexity index is 535. The molecule has 114 valence electrons. The Labute approximate surface area is 123 Å². The molecule has 1 aliphatic rings.